The van der Waals surface area contributed by atoms with Crippen LogP contribution in [0.2, 0.25) is 0 Å². The van der Waals surface area contributed by atoms with Crippen molar-refractivity contribution in [3.05, 3.63) is 16.0 Å². The summed E-state index contributed by atoms with van der Waals surface area (Å²) in [6.07, 6.45) is 5.44. The molecule has 0 aromatic carbocycles. The second-order valence-corrected chi connectivity index (χ2v) is 8.28. The molecule has 1 aromatic rings. The first kappa shape index (κ1) is 19.8. The largest absolute Gasteiger partial charge is 0.469 e. The Kier molecular flexibility index (Phi) is 6.49. The highest BCUT2D eigenvalue weighted by atomic mass is 32.1. The molecule has 3 rings (SSSR count). The van der Waals surface area contributed by atoms with Crippen LogP contribution in [0.5, 0.6) is 0 Å². The first-order valence-electron chi connectivity index (χ1n) is 9.47. The highest BCUT2D eigenvalue weighted by molar-refractivity contribution is 7.17. The molecular formula is C19H27N2O5S+. The molecule has 0 saturated carbocycles. The van der Waals surface area contributed by atoms with E-state index < -0.39 is 0 Å². The van der Waals surface area contributed by atoms with E-state index in [-0.39, 0.29) is 23.8 Å². The van der Waals surface area contributed by atoms with Gasteiger partial charge in [-0.15, -0.1) is 11.3 Å². The van der Waals surface area contributed by atoms with Crippen LogP contribution in [0.3, 0.4) is 0 Å². The Morgan fingerprint density at radius 3 is 2.48 bits per heavy atom. The molecule has 0 radical (unpaired) electrons. The molecule has 0 bridgehead atoms. The highest BCUT2D eigenvalue weighted by Gasteiger charge is 2.30. The summed E-state index contributed by atoms with van der Waals surface area (Å²) in [4.78, 5) is 38.8. The number of hydrogen-bond acceptors (Lipinski definition) is 6. The summed E-state index contributed by atoms with van der Waals surface area (Å²) < 4.78 is 9.75. The van der Waals surface area contributed by atoms with Crippen LogP contribution < -0.4 is 10.2 Å². The van der Waals surface area contributed by atoms with Crippen LogP contribution in [-0.4, -0.2) is 51.7 Å². The van der Waals surface area contributed by atoms with Crippen molar-refractivity contribution in [1.82, 2.24) is 0 Å². The maximum Gasteiger partial charge on any atom is 0.341 e. The number of aryl methyl sites for hydroxylation is 1. The molecule has 2 N–H and O–H groups in total. The van der Waals surface area contributed by atoms with Crippen LogP contribution >= 0.6 is 11.3 Å². The van der Waals surface area contributed by atoms with Crippen LogP contribution in [0, 0.1) is 5.92 Å². The van der Waals surface area contributed by atoms with Gasteiger partial charge in [-0.3, -0.25) is 9.59 Å². The predicted octanol–water partition coefficient (Wildman–Crippen LogP) is 0.820. The maximum atomic E-state index is 12.6. The molecule has 27 heavy (non-hydrogen) atoms. The zero-order chi connectivity index (χ0) is 19.4. The zero-order valence-electron chi connectivity index (χ0n) is 15.9. The van der Waals surface area contributed by atoms with Gasteiger partial charge >= 0.3 is 11.9 Å². The molecular weight excluding hydrogens is 368 g/mol. The monoisotopic (exact) mass is 395 g/mol. The first-order chi connectivity index (χ1) is 13.0. The van der Waals surface area contributed by atoms with Gasteiger partial charge in [-0.2, -0.15) is 0 Å². The molecule has 2 aliphatic rings. The number of nitrogens with one attached hydrogen (secondary N) is 2. The number of esters is 2. The normalized spacial score (nSPS) is 21.9. The Morgan fingerprint density at radius 2 is 1.81 bits per heavy atom. The number of methoxy groups -OCH3 is 2. The Hall–Kier alpha value is -1.93. The molecule has 0 spiro atoms. The number of carbonyl (C=O) groups is 3. The highest BCUT2D eigenvalue weighted by Crippen LogP contribution is 2.38. The average Bonchev–Trinajstić information content (AvgIpc) is 3.04. The lowest BCUT2D eigenvalue weighted by Gasteiger charge is -2.27. The molecule has 148 valence electrons. The second kappa shape index (κ2) is 8.84. The summed E-state index contributed by atoms with van der Waals surface area (Å²) in [6.45, 7) is 1.85. The van der Waals surface area contributed by atoms with E-state index in [0.717, 1.165) is 62.1 Å². The first-order valence-corrected chi connectivity index (χ1v) is 10.3. The van der Waals surface area contributed by atoms with Gasteiger partial charge in [0.2, 0.25) is 0 Å². The van der Waals surface area contributed by atoms with Crippen LogP contribution in [0.1, 0.15) is 46.5 Å². The lowest BCUT2D eigenvalue weighted by atomic mass is 9.95. The Balaban J connectivity index is 1.62. The molecule has 1 amide bonds. The number of quaternary nitrogens is 1. The van der Waals surface area contributed by atoms with Gasteiger partial charge in [-0.25, -0.2) is 4.79 Å². The second-order valence-electron chi connectivity index (χ2n) is 7.18. The minimum Gasteiger partial charge on any atom is -0.469 e. The number of rotatable bonds is 5. The van der Waals surface area contributed by atoms with Crippen molar-refractivity contribution in [2.75, 3.05) is 39.2 Å². The third-order valence-corrected chi connectivity index (χ3v) is 6.66. The quantitative estimate of drug-likeness (QED) is 0.721. The van der Waals surface area contributed by atoms with Crippen LogP contribution in [0.25, 0.3) is 0 Å². The summed E-state index contributed by atoms with van der Waals surface area (Å²) in [5.41, 5.74) is 1.57. The number of piperidine rings is 1. The number of amides is 1. The Labute approximate surface area is 163 Å². The number of fused-ring (bicyclic) bond motifs is 1. The number of hydrogen-bond donors (Lipinski definition) is 2. The standard InChI is InChI=1S/C19H26N2O5S/c1-25-18(23)12-7-9-21(10-8-12)11-15(22)20-17-16(19(24)26-2)13-5-3-4-6-14(13)27-17/h12H,3-11H2,1-2H3,(H,20,22)/p+1. The fourth-order valence-electron chi connectivity index (χ4n) is 3.98. The summed E-state index contributed by atoms with van der Waals surface area (Å²) in [5, 5.41) is 3.56. The average molecular weight is 396 g/mol. The van der Waals surface area contributed by atoms with E-state index in [1.165, 1.54) is 30.4 Å². The molecule has 2 heterocycles. The topological polar surface area (TPSA) is 86.1 Å². The third-order valence-electron chi connectivity index (χ3n) is 5.45. The van der Waals surface area contributed by atoms with E-state index in [0.29, 0.717) is 17.1 Å². The molecule has 0 atom stereocenters. The summed E-state index contributed by atoms with van der Waals surface area (Å²) in [7, 11) is 2.78. The maximum absolute atomic E-state index is 12.6. The van der Waals surface area contributed by atoms with Gasteiger partial charge in [-0.05, 0) is 31.2 Å². The van der Waals surface area contributed by atoms with Crippen LogP contribution in [0.4, 0.5) is 5.00 Å². The summed E-state index contributed by atoms with van der Waals surface area (Å²) in [5.74, 6) is -0.705. The van der Waals surface area contributed by atoms with Crippen molar-refractivity contribution in [2.45, 2.75) is 38.5 Å². The Bertz CT molecular complexity index is 722. The number of anilines is 1. The van der Waals surface area contributed by atoms with Crippen LogP contribution in [-0.2, 0) is 31.9 Å². The number of thiophene rings is 1. The Morgan fingerprint density at radius 1 is 1.11 bits per heavy atom. The van der Waals surface area contributed by atoms with Gasteiger partial charge in [0.25, 0.3) is 5.91 Å². The van der Waals surface area contributed by atoms with Gasteiger partial charge in [0, 0.05) is 17.7 Å². The minimum atomic E-state index is -0.379. The van der Waals surface area contributed by atoms with Crippen molar-refractivity contribution in [1.29, 1.82) is 0 Å². The van der Waals surface area contributed by atoms with Crippen molar-refractivity contribution >= 4 is 34.2 Å². The van der Waals surface area contributed by atoms with Crippen LogP contribution in [0.15, 0.2) is 0 Å². The number of carbonyl (C=O) groups excluding carboxylic acids is 3. The predicted molar refractivity (Wildman–Crippen MR) is 101 cm³/mol. The molecule has 0 unspecified atom stereocenters. The smallest absolute Gasteiger partial charge is 0.341 e. The lowest BCUT2D eigenvalue weighted by Crippen LogP contribution is -3.14. The molecule has 1 aromatic heterocycles. The summed E-state index contributed by atoms with van der Waals surface area (Å²) in [6, 6.07) is 0. The minimum absolute atomic E-state index is 0.0586. The zero-order valence-corrected chi connectivity index (χ0v) is 16.7. The fourth-order valence-corrected chi connectivity index (χ4v) is 5.27. The number of likely N-dealkylation sites (tertiary alicyclic amines) is 1. The van der Waals surface area contributed by atoms with E-state index >= 15 is 0 Å². The van der Waals surface area contributed by atoms with Gasteiger partial charge in [-0.1, -0.05) is 0 Å². The van der Waals surface area contributed by atoms with E-state index in [1.807, 2.05) is 0 Å². The lowest BCUT2D eigenvalue weighted by molar-refractivity contribution is -0.897. The van der Waals surface area contributed by atoms with E-state index in [1.54, 1.807) is 0 Å². The third kappa shape index (κ3) is 4.50. The van der Waals surface area contributed by atoms with Crippen molar-refractivity contribution in [2.24, 2.45) is 5.92 Å². The molecule has 1 aliphatic heterocycles. The fraction of sp³-hybridized carbons (Fsp3) is 0.632. The van der Waals surface area contributed by atoms with E-state index in [9.17, 15) is 14.4 Å². The van der Waals surface area contributed by atoms with E-state index in [2.05, 4.69) is 5.32 Å². The molecule has 1 aliphatic carbocycles. The van der Waals surface area contributed by atoms with E-state index in [4.69, 9.17) is 9.47 Å². The van der Waals surface area contributed by atoms with Crippen molar-refractivity contribution in [3.8, 4) is 0 Å². The van der Waals surface area contributed by atoms with Gasteiger partial charge in [0.15, 0.2) is 6.54 Å². The molecule has 1 fully saturated rings. The summed E-state index contributed by atoms with van der Waals surface area (Å²) >= 11 is 1.50. The van der Waals surface area contributed by atoms with Gasteiger partial charge in [0.05, 0.1) is 38.8 Å². The van der Waals surface area contributed by atoms with Crippen molar-refractivity contribution < 1.29 is 28.8 Å². The van der Waals surface area contributed by atoms with Gasteiger partial charge < -0.3 is 19.7 Å². The van der Waals surface area contributed by atoms with Gasteiger partial charge in [0.1, 0.15) is 5.00 Å². The molecule has 8 heteroatoms. The molecule has 7 nitrogen and oxygen atoms in total. The SMILES string of the molecule is COC(=O)c1c(NC(=O)C[NH+]2CCC(C(=O)OC)CC2)sc2c1CCCC2. The van der Waals surface area contributed by atoms with Crippen molar-refractivity contribution in [3.63, 3.8) is 0 Å². The molecule has 1 saturated heterocycles. The number of ether oxygens (including phenoxy) is 2.